The highest BCUT2D eigenvalue weighted by molar-refractivity contribution is 7.99. The largest absolute Gasteiger partial charge is 0.325 e. The van der Waals surface area contributed by atoms with Crippen molar-refractivity contribution in [1.82, 2.24) is 14.9 Å². The van der Waals surface area contributed by atoms with Crippen LogP contribution in [0.1, 0.15) is 30.7 Å². The van der Waals surface area contributed by atoms with E-state index in [0.29, 0.717) is 16.6 Å². The second-order valence-corrected chi connectivity index (χ2v) is 7.49. The number of H-pyrrole nitrogens is 1. The van der Waals surface area contributed by atoms with Crippen LogP contribution in [0.25, 0.3) is 0 Å². The topological polar surface area (TPSA) is 101 Å². The molecule has 2 unspecified atom stereocenters. The summed E-state index contributed by atoms with van der Waals surface area (Å²) in [6.45, 7) is 1.80. The quantitative estimate of drug-likeness (QED) is 0.745. The van der Waals surface area contributed by atoms with Gasteiger partial charge in [0.05, 0.1) is 11.4 Å². The summed E-state index contributed by atoms with van der Waals surface area (Å²) in [7, 11) is -3.55. The lowest BCUT2D eigenvalue weighted by molar-refractivity contribution is 0.553. The summed E-state index contributed by atoms with van der Waals surface area (Å²) in [5.74, 6) is 0. The van der Waals surface area contributed by atoms with Crippen LogP contribution in [0, 0.1) is 6.92 Å². The maximum atomic E-state index is 12.5. The normalized spacial score (nSPS) is 23.9. The molecule has 0 spiro atoms. The molecule has 0 bridgehead atoms. The molecule has 0 saturated heterocycles. The molecule has 108 valence electrons. The summed E-state index contributed by atoms with van der Waals surface area (Å²) in [6, 6.07) is -0.0000699. The van der Waals surface area contributed by atoms with E-state index in [1.165, 1.54) is 0 Å². The molecular formula is C11H20N4O2S2. The van der Waals surface area contributed by atoms with Gasteiger partial charge in [-0.2, -0.15) is 16.9 Å². The zero-order valence-corrected chi connectivity index (χ0v) is 12.8. The first kappa shape index (κ1) is 14.8. The number of aromatic nitrogens is 2. The SMILES string of the molecule is CSC1CCCC1NS(=O)(=O)c1c(CN)n[nH]c1C. The van der Waals surface area contributed by atoms with E-state index >= 15 is 0 Å². The lowest BCUT2D eigenvalue weighted by Crippen LogP contribution is -2.39. The Morgan fingerprint density at radius 3 is 2.89 bits per heavy atom. The Bertz CT molecular complexity index is 541. The van der Waals surface area contributed by atoms with Gasteiger partial charge in [0.2, 0.25) is 10.0 Å². The highest BCUT2D eigenvalue weighted by Gasteiger charge is 2.33. The fraction of sp³-hybridized carbons (Fsp3) is 0.727. The van der Waals surface area contributed by atoms with Crippen LogP contribution < -0.4 is 10.5 Å². The van der Waals surface area contributed by atoms with Crippen LogP contribution in [-0.2, 0) is 16.6 Å². The van der Waals surface area contributed by atoms with Crippen molar-refractivity contribution >= 4 is 21.8 Å². The van der Waals surface area contributed by atoms with Gasteiger partial charge in [-0.15, -0.1) is 0 Å². The summed E-state index contributed by atoms with van der Waals surface area (Å²) < 4.78 is 27.8. The number of aromatic amines is 1. The second kappa shape index (κ2) is 5.82. The zero-order chi connectivity index (χ0) is 14.0. The third-order valence-corrected chi connectivity index (χ3v) is 6.35. The van der Waals surface area contributed by atoms with Crippen LogP contribution in [-0.4, -0.2) is 36.2 Å². The van der Waals surface area contributed by atoms with Crippen molar-refractivity contribution in [3.8, 4) is 0 Å². The third-order valence-electron chi connectivity index (χ3n) is 3.49. The van der Waals surface area contributed by atoms with Gasteiger partial charge in [0.1, 0.15) is 4.90 Å². The van der Waals surface area contributed by atoms with Crippen LogP contribution in [0.15, 0.2) is 4.90 Å². The Balaban J connectivity index is 2.25. The predicted octanol–water partition coefficient (Wildman–Crippen LogP) is 0.739. The number of rotatable bonds is 5. The lowest BCUT2D eigenvalue weighted by atomic mass is 10.3. The maximum Gasteiger partial charge on any atom is 0.244 e. The van der Waals surface area contributed by atoms with Crippen LogP contribution in [0.2, 0.25) is 0 Å². The lowest BCUT2D eigenvalue weighted by Gasteiger charge is -2.19. The number of nitrogens with zero attached hydrogens (tertiary/aromatic N) is 1. The molecule has 0 amide bonds. The van der Waals surface area contributed by atoms with E-state index in [0.717, 1.165) is 19.3 Å². The second-order valence-electron chi connectivity index (χ2n) is 4.76. The van der Waals surface area contributed by atoms with Gasteiger partial charge in [0.25, 0.3) is 0 Å². The van der Waals surface area contributed by atoms with Gasteiger partial charge in [0.15, 0.2) is 0 Å². The smallest absolute Gasteiger partial charge is 0.244 e. The minimum absolute atomic E-state index is 0.0000699. The predicted molar refractivity (Wildman–Crippen MR) is 76.5 cm³/mol. The molecule has 2 rings (SSSR count). The van der Waals surface area contributed by atoms with Gasteiger partial charge in [0, 0.05) is 17.8 Å². The number of sulfonamides is 1. The molecule has 1 fully saturated rings. The minimum atomic E-state index is -3.55. The van der Waals surface area contributed by atoms with E-state index in [9.17, 15) is 8.42 Å². The Labute approximate surface area is 118 Å². The summed E-state index contributed by atoms with van der Waals surface area (Å²) >= 11 is 1.72. The van der Waals surface area contributed by atoms with E-state index in [1.54, 1.807) is 18.7 Å². The molecule has 0 radical (unpaired) electrons. The summed E-state index contributed by atoms with van der Waals surface area (Å²) in [5, 5.41) is 6.98. The molecule has 0 aliphatic heterocycles. The van der Waals surface area contributed by atoms with Crippen molar-refractivity contribution in [2.75, 3.05) is 6.26 Å². The van der Waals surface area contributed by atoms with E-state index in [2.05, 4.69) is 14.9 Å². The van der Waals surface area contributed by atoms with Crippen molar-refractivity contribution < 1.29 is 8.42 Å². The molecule has 1 saturated carbocycles. The molecule has 4 N–H and O–H groups in total. The number of hydrogen-bond acceptors (Lipinski definition) is 5. The molecule has 1 aliphatic rings. The average molecular weight is 304 g/mol. The number of nitrogens with one attached hydrogen (secondary N) is 2. The zero-order valence-electron chi connectivity index (χ0n) is 11.1. The first-order valence-corrected chi connectivity index (χ1v) is 9.05. The molecular weight excluding hydrogens is 284 g/mol. The van der Waals surface area contributed by atoms with Crippen LogP contribution in [0.5, 0.6) is 0 Å². The van der Waals surface area contributed by atoms with Crippen LogP contribution >= 0.6 is 11.8 Å². The summed E-state index contributed by atoms with van der Waals surface area (Å²) in [5.41, 5.74) is 6.47. The number of hydrogen-bond donors (Lipinski definition) is 3. The van der Waals surface area contributed by atoms with Crippen LogP contribution in [0.4, 0.5) is 0 Å². The van der Waals surface area contributed by atoms with E-state index in [4.69, 9.17) is 5.73 Å². The molecule has 8 heteroatoms. The highest BCUT2D eigenvalue weighted by Crippen LogP contribution is 2.30. The van der Waals surface area contributed by atoms with E-state index in [1.807, 2.05) is 6.26 Å². The van der Waals surface area contributed by atoms with Gasteiger partial charge >= 0.3 is 0 Å². The molecule has 6 nitrogen and oxygen atoms in total. The fourth-order valence-electron chi connectivity index (χ4n) is 2.57. The standard InChI is InChI=1S/C11H20N4O2S2/c1-7-11(9(6-12)14-13-7)19(16,17)15-8-4-3-5-10(8)18-2/h8,10,15H,3-6,12H2,1-2H3,(H,13,14). The average Bonchev–Trinajstić information content (AvgIpc) is 2.94. The Kier molecular flexibility index (Phi) is 4.54. The Hall–Kier alpha value is -0.570. The molecule has 0 aromatic carbocycles. The Morgan fingerprint density at radius 2 is 2.26 bits per heavy atom. The molecule has 1 aliphatic carbocycles. The Morgan fingerprint density at radius 1 is 1.53 bits per heavy atom. The third kappa shape index (κ3) is 2.96. The van der Waals surface area contributed by atoms with Crippen LogP contribution in [0.3, 0.4) is 0 Å². The van der Waals surface area contributed by atoms with Gasteiger partial charge in [-0.1, -0.05) is 6.42 Å². The minimum Gasteiger partial charge on any atom is -0.325 e. The van der Waals surface area contributed by atoms with Gasteiger partial charge in [-0.05, 0) is 26.0 Å². The van der Waals surface area contributed by atoms with Gasteiger partial charge in [-0.25, -0.2) is 13.1 Å². The van der Waals surface area contributed by atoms with Crippen molar-refractivity contribution in [3.05, 3.63) is 11.4 Å². The number of thioether (sulfide) groups is 1. The summed E-state index contributed by atoms with van der Waals surface area (Å²) in [6.07, 6.45) is 5.03. The first-order valence-electron chi connectivity index (χ1n) is 6.28. The van der Waals surface area contributed by atoms with Crippen molar-refractivity contribution in [2.24, 2.45) is 5.73 Å². The molecule has 2 atom stereocenters. The molecule has 1 aromatic heterocycles. The van der Waals surface area contributed by atoms with Crippen molar-refractivity contribution in [3.63, 3.8) is 0 Å². The first-order chi connectivity index (χ1) is 8.99. The van der Waals surface area contributed by atoms with E-state index in [-0.39, 0.29) is 17.5 Å². The van der Waals surface area contributed by atoms with Crippen molar-refractivity contribution in [1.29, 1.82) is 0 Å². The number of nitrogens with two attached hydrogens (primary N) is 1. The molecule has 19 heavy (non-hydrogen) atoms. The molecule has 1 aromatic rings. The monoisotopic (exact) mass is 304 g/mol. The molecule has 1 heterocycles. The van der Waals surface area contributed by atoms with Crippen molar-refractivity contribution in [2.45, 2.75) is 48.9 Å². The summed E-state index contributed by atoms with van der Waals surface area (Å²) in [4.78, 5) is 0.210. The number of aryl methyl sites for hydroxylation is 1. The van der Waals surface area contributed by atoms with Gasteiger partial charge in [-0.3, -0.25) is 5.10 Å². The highest BCUT2D eigenvalue weighted by atomic mass is 32.2. The van der Waals surface area contributed by atoms with Gasteiger partial charge < -0.3 is 5.73 Å². The van der Waals surface area contributed by atoms with E-state index < -0.39 is 10.0 Å². The maximum absolute atomic E-state index is 12.5. The fourth-order valence-corrected chi connectivity index (χ4v) is 5.27.